The van der Waals surface area contributed by atoms with Crippen molar-refractivity contribution in [3.05, 3.63) is 61.5 Å². The molecule has 108 valence electrons. The highest BCUT2D eigenvalue weighted by Gasteiger charge is 2.15. The SMILES string of the molecule is O=C(Nc1ccc([N+](=O)[O-])cc1O)c1ccc(F)cc1I. The standard InChI is InChI=1S/C13H8FIN2O4/c14-7-1-3-9(10(15)5-7)13(19)16-11-4-2-8(17(20)21)6-12(11)18/h1-6,18H,(H,16,19). The van der Waals surface area contributed by atoms with Crippen molar-refractivity contribution in [2.24, 2.45) is 0 Å². The van der Waals surface area contributed by atoms with Crippen molar-refractivity contribution >= 4 is 39.9 Å². The molecule has 0 atom stereocenters. The van der Waals surface area contributed by atoms with Crippen LogP contribution in [0.2, 0.25) is 0 Å². The molecule has 21 heavy (non-hydrogen) atoms. The summed E-state index contributed by atoms with van der Waals surface area (Å²) in [5.74, 6) is -1.44. The number of anilines is 1. The van der Waals surface area contributed by atoms with E-state index in [9.17, 15) is 24.4 Å². The van der Waals surface area contributed by atoms with Crippen molar-refractivity contribution in [3.8, 4) is 5.75 Å². The van der Waals surface area contributed by atoms with Crippen molar-refractivity contribution < 1.29 is 19.2 Å². The molecule has 2 N–H and O–H groups in total. The highest BCUT2D eigenvalue weighted by atomic mass is 127. The number of nitro groups is 1. The fourth-order valence-electron chi connectivity index (χ4n) is 1.60. The summed E-state index contributed by atoms with van der Waals surface area (Å²) >= 11 is 1.81. The van der Waals surface area contributed by atoms with Crippen LogP contribution in [-0.4, -0.2) is 15.9 Å². The molecule has 0 aliphatic heterocycles. The second kappa shape index (κ2) is 6.04. The van der Waals surface area contributed by atoms with Gasteiger partial charge in [-0.25, -0.2) is 4.39 Å². The summed E-state index contributed by atoms with van der Waals surface area (Å²) in [4.78, 5) is 21.9. The number of rotatable bonds is 3. The van der Waals surface area contributed by atoms with Crippen LogP contribution in [-0.2, 0) is 0 Å². The van der Waals surface area contributed by atoms with E-state index in [2.05, 4.69) is 5.32 Å². The monoisotopic (exact) mass is 402 g/mol. The number of benzene rings is 2. The summed E-state index contributed by atoms with van der Waals surface area (Å²) < 4.78 is 13.4. The Hall–Kier alpha value is -2.23. The van der Waals surface area contributed by atoms with Gasteiger partial charge in [-0.05, 0) is 46.9 Å². The minimum atomic E-state index is -0.658. The minimum Gasteiger partial charge on any atom is -0.506 e. The first-order chi connectivity index (χ1) is 9.88. The number of aromatic hydroxyl groups is 1. The summed E-state index contributed by atoms with van der Waals surface area (Å²) in [6.07, 6.45) is 0. The maximum Gasteiger partial charge on any atom is 0.273 e. The van der Waals surface area contributed by atoms with Crippen LogP contribution < -0.4 is 5.32 Å². The van der Waals surface area contributed by atoms with E-state index in [0.29, 0.717) is 3.57 Å². The van der Waals surface area contributed by atoms with Crippen molar-refractivity contribution in [3.63, 3.8) is 0 Å². The lowest BCUT2D eigenvalue weighted by Crippen LogP contribution is -2.13. The van der Waals surface area contributed by atoms with Gasteiger partial charge in [0, 0.05) is 9.64 Å². The second-order valence-corrected chi connectivity index (χ2v) is 5.20. The van der Waals surface area contributed by atoms with Crippen LogP contribution in [0, 0.1) is 19.5 Å². The van der Waals surface area contributed by atoms with Gasteiger partial charge in [0.25, 0.3) is 11.6 Å². The van der Waals surface area contributed by atoms with Gasteiger partial charge in [-0.1, -0.05) is 0 Å². The number of phenols is 1. The van der Waals surface area contributed by atoms with Gasteiger partial charge < -0.3 is 10.4 Å². The van der Waals surface area contributed by atoms with Crippen molar-refractivity contribution in [1.29, 1.82) is 0 Å². The fourth-order valence-corrected chi connectivity index (χ4v) is 2.32. The maximum absolute atomic E-state index is 13.0. The molecule has 0 aliphatic carbocycles. The van der Waals surface area contributed by atoms with E-state index in [0.717, 1.165) is 18.2 Å². The van der Waals surface area contributed by atoms with Crippen LogP contribution in [0.15, 0.2) is 36.4 Å². The zero-order valence-corrected chi connectivity index (χ0v) is 12.5. The predicted molar refractivity (Wildman–Crippen MR) is 81.8 cm³/mol. The fraction of sp³-hybridized carbons (Fsp3) is 0. The van der Waals surface area contributed by atoms with Crippen LogP contribution in [0.25, 0.3) is 0 Å². The zero-order chi connectivity index (χ0) is 15.6. The van der Waals surface area contributed by atoms with E-state index in [1.165, 1.54) is 18.2 Å². The molecule has 2 aromatic rings. The van der Waals surface area contributed by atoms with Gasteiger partial charge in [-0.15, -0.1) is 0 Å². The molecule has 0 heterocycles. The molecule has 2 aromatic carbocycles. The van der Waals surface area contributed by atoms with Crippen LogP contribution in [0.1, 0.15) is 10.4 Å². The molecule has 0 bridgehead atoms. The van der Waals surface area contributed by atoms with Crippen LogP contribution in [0.4, 0.5) is 15.8 Å². The van der Waals surface area contributed by atoms with E-state index >= 15 is 0 Å². The smallest absolute Gasteiger partial charge is 0.273 e. The zero-order valence-electron chi connectivity index (χ0n) is 10.3. The van der Waals surface area contributed by atoms with Gasteiger partial charge in [0.15, 0.2) is 0 Å². The first-order valence-corrected chi connectivity index (χ1v) is 6.70. The van der Waals surface area contributed by atoms with Gasteiger partial charge in [0.05, 0.1) is 22.2 Å². The number of amides is 1. The van der Waals surface area contributed by atoms with Gasteiger partial charge >= 0.3 is 0 Å². The average molecular weight is 402 g/mol. The Labute approximate surface area is 131 Å². The van der Waals surface area contributed by atoms with E-state index < -0.39 is 22.4 Å². The number of carbonyl (C=O) groups is 1. The molecular weight excluding hydrogens is 394 g/mol. The number of phenolic OH excluding ortho intramolecular Hbond substituents is 1. The predicted octanol–water partition coefficient (Wildman–Crippen LogP) is 3.30. The lowest BCUT2D eigenvalue weighted by Gasteiger charge is -2.08. The van der Waals surface area contributed by atoms with Crippen LogP contribution in [0.5, 0.6) is 5.75 Å². The van der Waals surface area contributed by atoms with E-state index in [4.69, 9.17) is 0 Å². The third-order valence-electron chi connectivity index (χ3n) is 2.62. The summed E-state index contributed by atoms with van der Waals surface area (Å²) in [6.45, 7) is 0. The molecule has 0 fully saturated rings. The summed E-state index contributed by atoms with van der Waals surface area (Å²) in [6, 6.07) is 6.98. The largest absolute Gasteiger partial charge is 0.506 e. The Morgan fingerprint density at radius 3 is 2.57 bits per heavy atom. The Kier molecular flexibility index (Phi) is 4.36. The summed E-state index contributed by atoms with van der Waals surface area (Å²) in [5.41, 5.74) is -0.0256. The third-order valence-corrected chi connectivity index (χ3v) is 3.51. The number of non-ortho nitro benzene ring substituents is 1. The first kappa shape index (κ1) is 15.2. The molecule has 0 spiro atoms. The summed E-state index contributed by atoms with van der Waals surface area (Å²) in [5, 5.41) is 22.6. The molecular formula is C13H8FIN2O4. The van der Waals surface area contributed by atoms with Crippen molar-refractivity contribution in [2.45, 2.75) is 0 Å². The molecule has 0 unspecified atom stereocenters. The first-order valence-electron chi connectivity index (χ1n) is 5.62. The van der Waals surface area contributed by atoms with Crippen LogP contribution in [0.3, 0.4) is 0 Å². The second-order valence-electron chi connectivity index (χ2n) is 4.04. The van der Waals surface area contributed by atoms with Gasteiger partial charge in [0.2, 0.25) is 0 Å². The molecule has 0 saturated carbocycles. The third kappa shape index (κ3) is 3.45. The Balaban J connectivity index is 2.25. The lowest BCUT2D eigenvalue weighted by molar-refractivity contribution is -0.384. The number of nitrogens with one attached hydrogen (secondary N) is 1. The normalized spacial score (nSPS) is 10.2. The average Bonchev–Trinajstić information content (AvgIpc) is 2.40. The summed E-state index contributed by atoms with van der Waals surface area (Å²) in [7, 11) is 0. The number of halogens is 2. The molecule has 8 heteroatoms. The molecule has 0 radical (unpaired) electrons. The molecule has 6 nitrogen and oxygen atoms in total. The van der Waals surface area contributed by atoms with Gasteiger partial charge in [-0.3, -0.25) is 14.9 Å². The topological polar surface area (TPSA) is 92.5 Å². The molecule has 2 rings (SSSR count). The highest BCUT2D eigenvalue weighted by molar-refractivity contribution is 14.1. The molecule has 0 aromatic heterocycles. The number of carbonyl (C=O) groups excluding carboxylic acids is 1. The van der Waals surface area contributed by atoms with Crippen molar-refractivity contribution in [1.82, 2.24) is 0 Å². The highest BCUT2D eigenvalue weighted by Crippen LogP contribution is 2.28. The van der Waals surface area contributed by atoms with Crippen molar-refractivity contribution in [2.75, 3.05) is 5.32 Å². The molecule has 0 saturated heterocycles. The Morgan fingerprint density at radius 1 is 1.29 bits per heavy atom. The number of hydrogen-bond donors (Lipinski definition) is 2. The van der Waals surface area contributed by atoms with E-state index in [1.807, 2.05) is 22.6 Å². The number of nitro benzene ring substituents is 1. The van der Waals surface area contributed by atoms with E-state index in [-0.39, 0.29) is 16.9 Å². The maximum atomic E-state index is 13.0. The molecule has 1 amide bonds. The van der Waals surface area contributed by atoms with Crippen LogP contribution >= 0.6 is 22.6 Å². The van der Waals surface area contributed by atoms with E-state index in [1.54, 1.807) is 0 Å². The van der Waals surface area contributed by atoms with Gasteiger partial charge in [0.1, 0.15) is 11.6 Å². The number of hydrogen-bond acceptors (Lipinski definition) is 4. The minimum absolute atomic E-state index is 0.0331. The number of nitrogens with zero attached hydrogens (tertiary/aromatic N) is 1. The Bertz CT molecular complexity index is 736. The lowest BCUT2D eigenvalue weighted by atomic mass is 10.2. The molecule has 0 aliphatic rings. The Morgan fingerprint density at radius 2 is 2.00 bits per heavy atom. The van der Waals surface area contributed by atoms with Gasteiger partial charge in [-0.2, -0.15) is 0 Å². The quantitative estimate of drug-likeness (QED) is 0.357.